The van der Waals surface area contributed by atoms with Gasteiger partial charge in [-0.15, -0.1) is 0 Å². The van der Waals surface area contributed by atoms with E-state index in [9.17, 15) is 19.2 Å². The first-order chi connectivity index (χ1) is 25.2. The van der Waals surface area contributed by atoms with Crippen LogP contribution in [-0.2, 0) is 25.7 Å². The molecule has 4 amide bonds. The molecule has 0 aromatic heterocycles. The summed E-state index contributed by atoms with van der Waals surface area (Å²) in [6.45, 7) is 2.86. The molecular weight excluding hydrogens is 658 g/mol. The summed E-state index contributed by atoms with van der Waals surface area (Å²) < 4.78 is 11.8. The zero-order chi connectivity index (χ0) is 37.1. The summed E-state index contributed by atoms with van der Waals surface area (Å²) in [4.78, 5) is 54.3. The van der Waals surface area contributed by atoms with E-state index in [-0.39, 0.29) is 54.7 Å². The van der Waals surface area contributed by atoms with E-state index in [2.05, 4.69) is 28.2 Å². The Labute approximate surface area is 308 Å². The van der Waals surface area contributed by atoms with E-state index in [0.717, 1.165) is 24.1 Å². The number of ether oxygens (including phenoxy) is 2. The van der Waals surface area contributed by atoms with Gasteiger partial charge in [0, 0.05) is 38.8 Å². The number of hydrogen-bond donors (Lipinski definition) is 4. The first-order valence-electron chi connectivity index (χ1n) is 18.7. The van der Waals surface area contributed by atoms with Crippen molar-refractivity contribution in [1.82, 2.24) is 10.6 Å². The van der Waals surface area contributed by atoms with Crippen molar-refractivity contribution in [2.24, 2.45) is 0 Å². The second kappa shape index (κ2) is 21.5. The van der Waals surface area contributed by atoms with Gasteiger partial charge in [0.2, 0.25) is 17.7 Å². The van der Waals surface area contributed by atoms with Crippen LogP contribution in [0.4, 0.5) is 17.1 Å². The van der Waals surface area contributed by atoms with Gasteiger partial charge in [-0.1, -0.05) is 101 Å². The van der Waals surface area contributed by atoms with E-state index in [0.29, 0.717) is 12.3 Å². The lowest BCUT2D eigenvalue weighted by molar-refractivity contribution is -0.122. The summed E-state index contributed by atoms with van der Waals surface area (Å²) >= 11 is 0. The standard InChI is InChI=1S/C41H55N5O6/c1-4-5-6-7-8-9-10-11-12-16-24-42-38(47)23-22-34-41(50)45-35-27-36(43-39(48)29-51-28-30-18-14-13-15-19-30)37(26-33(35)40(49)44-34)52-32-21-17-20-31(25-32)46(2)3/h13-15,17-21,25-27,34H,4-12,16,22-24,28-29H2,1-3H3,(H,42,47)(H,43,48)(H,44,49)(H,45,50)/t34-/m1/s1. The normalized spacial score (nSPS) is 13.7. The van der Waals surface area contributed by atoms with Gasteiger partial charge >= 0.3 is 0 Å². The highest BCUT2D eigenvalue weighted by Gasteiger charge is 2.30. The number of carbonyl (C=O) groups is 4. The fraction of sp³-hybridized carbons (Fsp3) is 0.463. The summed E-state index contributed by atoms with van der Waals surface area (Å²) in [5.74, 6) is -0.851. The molecule has 3 aromatic rings. The monoisotopic (exact) mass is 713 g/mol. The second-order valence-electron chi connectivity index (χ2n) is 13.5. The molecule has 0 bridgehead atoms. The number of nitrogens with one attached hydrogen (secondary N) is 4. The third kappa shape index (κ3) is 13.3. The summed E-state index contributed by atoms with van der Waals surface area (Å²) in [6.07, 6.45) is 12.4. The molecule has 4 N–H and O–H groups in total. The van der Waals surface area contributed by atoms with Crippen LogP contribution in [0, 0.1) is 0 Å². The Morgan fingerprint density at radius 3 is 2.25 bits per heavy atom. The number of rotatable bonds is 22. The maximum absolute atomic E-state index is 13.5. The fourth-order valence-electron chi connectivity index (χ4n) is 5.96. The number of hydrogen-bond acceptors (Lipinski definition) is 7. The average molecular weight is 714 g/mol. The maximum Gasteiger partial charge on any atom is 0.254 e. The molecule has 1 aliphatic rings. The fourth-order valence-corrected chi connectivity index (χ4v) is 5.96. The maximum atomic E-state index is 13.5. The first-order valence-corrected chi connectivity index (χ1v) is 18.7. The van der Waals surface area contributed by atoms with Gasteiger partial charge < -0.3 is 35.6 Å². The predicted octanol–water partition coefficient (Wildman–Crippen LogP) is 7.57. The SMILES string of the molecule is CCCCCCCCCCCCNC(=O)CC[C@H]1NC(=O)c2cc(Oc3cccc(N(C)C)c3)c(NC(=O)COCc3ccccc3)cc2NC1=O. The Morgan fingerprint density at radius 1 is 0.827 bits per heavy atom. The minimum atomic E-state index is -0.923. The van der Waals surface area contributed by atoms with Gasteiger partial charge in [-0.2, -0.15) is 0 Å². The predicted molar refractivity (Wildman–Crippen MR) is 206 cm³/mol. The van der Waals surface area contributed by atoms with Crippen molar-refractivity contribution >= 4 is 40.7 Å². The van der Waals surface area contributed by atoms with Crippen LogP contribution in [0.2, 0.25) is 0 Å². The Morgan fingerprint density at radius 2 is 1.54 bits per heavy atom. The van der Waals surface area contributed by atoms with Crippen molar-refractivity contribution in [3.8, 4) is 11.5 Å². The molecule has 280 valence electrons. The van der Waals surface area contributed by atoms with Crippen molar-refractivity contribution in [3.63, 3.8) is 0 Å². The third-order valence-electron chi connectivity index (χ3n) is 8.94. The summed E-state index contributed by atoms with van der Waals surface area (Å²) in [5, 5.41) is 11.3. The Hall–Kier alpha value is -4.90. The van der Waals surface area contributed by atoms with Crippen LogP contribution in [-0.4, -0.2) is 56.9 Å². The molecule has 11 heteroatoms. The smallest absolute Gasteiger partial charge is 0.254 e. The number of carbonyl (C=O) groups excluding carboxylic acids is 4. The Kier molecular flexibility index (Phi) is 16.5. The van der Waals surface area contributed by atoms with E-state index in [1.807, 2.05) is 67.5 Å². The molecule has 11 nitrogen and oxygen atoms in total. The third-order valence-corrected chi connectivity index (χ3v) is 8.94. The zero-order valence-electron chi connectivity index (χ0n) is 30.9. The number of amides is 4. The molecule has 0 unspecified atom stereocenters. The quantitative estimate of drug-likeness (QED) is 0.0789. The van der Waals surface area contributed by atoms with Gasteiger partial charge in [-0.3, -0.25) is 19.2 Å². The van der Waals surface area contributed by atoms with Crippen LogP contribution in [0.1, 0.15) is 99.9 Å². The molecule has 0 fully saturated rings. The lowest BCUT2D eigenvalue weighted by Crippen LogP contribution is -2.42. The van der Waals surface area contributed by atoms with E-state index in [1.165, 1.54) is 63.5 Å². The van der Waals surface area contributed by atoms with Crippen LogP contribution >= 0.6 is 0 Å². The highest BCUT2D eigenvalue weighted by Crippen LogP contribution is 2.37. The van der Waals surface area contributed by atoms with Crippen LogP contribution in [0.15, 0.2) is 66.7 Å². The van der Waals surface area contributed by atoms with E-state index in [4.69, 9.17) is 9.47 Å². The van der Waals surface area contributed by atoms with Crippen molar-refractivity contribution in [2.75, 3.05) is 42.8 Å². The molecule has 1 aliphatic heterocycles. The minimum Gasteiger partial charge on any atom is -0.455 e. The molecule has 3 aromatic carbocycles. The van der Waals surface area contributed by atoms with Gasteiger partial charge in [0.1, 0.15) is 18.4 Å². The van der Waals surface area contributed by atoms with Gasteiger partial charge in [0.05, 0.1) is 23.5 Å². The first kappa shape index (κ1) is 39.9. The number of fused-ring (bicyclic) bond motifs is 1. The van der Waals surface area contributed by atoms with Gasteiger partial charge in [0.15, 0.2) is 5.75 Å². The molecule has 52 heavy (non-hydrogen) atoms. The van der Waals surface area contributed by atoms with Gasteiger partial charge in [-0.05, 0) is 42.7 Å². The highest BCUT2D eigenvalue weighted by atomic mass is 16.5. The van der Waals surface area contributed by atoms with E-state index >= 15 is 0 Å². The van der Waals surface area contributed by atoms with Crippen molar-refractivity contribution in [2.45, 2.75) is 96.6 Å². The summed E-state index contributed by atoms with van der Waals surface area (Å²) in [6, 6.07) is 19.0. The van der Waals surface area contributed by atoms with E-state index < -0.39 is 23.8 Å². The molecule has 4 rings (SSSR count). The van der Waals surface area contributed by atoms with Crippen LogP contribution < -0.4 is 30.9 Å². The topological polar surface area (TPSA) is 138 Å². The molecule has 0 radical (unpaired) electrons. The Bertz CT molecular complexity index is 1610. The average Bonchev–Trinajstić information content (AvgIpc) is 3.24. The number of unbranched alkanes of at least 4 members (excludes halogenated alkanes) is 9. The van der Waals surface area contributed by atoms with E-state index in [1.54, 1.807) is 6.07 Å². The lowest BCUT2D eigenvalue weighted by Gasteiger charge is -2.17. The Balaban J connectivity index is 1.34. The van der Waals surface area contributed by atoms with Crippen molar-refractivity contribution in [3.05, 3.63) is 77.9 Å². The van der Waals surface area contributed by atoms with Gasteiger partial charge in [-0.25, -0.2) is 0 Å². The molecule has 0 spiro atoms. The van der Waals surface area contributed by atoms with Crippen molar-refractivity contribution < 1.29 is 28.7 Å². The number of nitrogens with zero attached hydrogens (tertiary/aromatic N) is 1. The molecule has 1 atom stereocenters. The lowest BCUT2D eigenvalue weighted by atomic mass is 10.1. The number of benzene rings is 3. The second-order valence-corrected chi connectivity index (χ2v) is 13.5. The summed E-state index contributed by atoms with van der Waals surface area (Å²) in [7, 11) is 3.82. The summed E-state index contributed by atoms with van der Waals surface area (Å²) in [5.41, 5.74) is 2.45. The largest absolute Gasteiger partial charge is 0.455 e. The molecular formula is C41H55N5O6. The number of anilines is 3. The molecule has 0 saturated heterocycles. The highest BCUT2D eigenvalue weighted by molar-refractivity contribution is 6.11. The van der Waals surface area contributed by atoms with Crippen LogP contribution in [0.3, 0.4) is 0 Å². The molecule has 1 heterocycles. The minimum absolute atomic E-state index is 0.0906. The molecule has 0 saturated carbocycles. The van der Waals surface area contributed by atoms with Gasteiger partial charge in [0.25, 0.3) is 5.91 Å². The zero-order valence-corrected chi connectivity index (χ0v) is 30.9. The molecule has 0 aliphatic carbocycles. The van der Waals surface area contributed by atoms with Crippen LogP contribution in [0.5, 0.6) is 11.5 Å². The van der Waals surface area contributed by atoms with Crippen LogP contribution in [0.25, 0.3) is 0 Å². The van der Waals surface area contributed by atoms with Crippen molar-refractivity contribution in [1.29, 1.82) is 0 Å².